The molecule has 398 valence electrons. The monoisotopic (exact) mass is 966 g/mol. The predicted octanol–water partition coefficient (Wildman–Crippen LogP) is 12.8. The topological polar surface area (TPSA) is 158 Å². The van der Waals surface area contributed by atoms with Crippen molar-refractivity contribution in [2.45, 2.75) is 307 Å². The van der Waals surface area contributed by atoms with Crippen molar-refractivity contribution < 1.29 is 48.9 Å². The molecule has 1 aromatic carbocycles. The van der Waals surface area contributed by atoms with Gasteiger partial charge in [-0.3, -0.25) is 4.79 Å². The highest BCUT2D eigenvalue weighted by molar-refractivity contribution is 5.76. The first-order valence-electron chi connectivity index (χ1n) is 28.5. The van der Waals surface area contributed by atoms with Crippen molar-refractivity contribution in [1.29, 1.82) is 0 Å². The smallest absolute Gasteiger partial charge is 0.220 e. The van der Waals surface area contributed by atoms with Gasteiger partial charge in [0.25, 0.3) is 0 Å². The van der Waals surface area contributed by atoms with Gasteiger partial charge in [0.05, 0.1) is 32.0 Å². The quantitative estimate of drug-likeness (QED) is 0.0350. The summed E-state index contributed by atoms with van der Waals surface area (Å²) in [4.78, 5) is 13.2. The summed E-state index contributed by atoms with van der Waals surface area (Å²) in [5, 5.41) is 57.5. The van der Waals surface area contributed by atoms with Gasteiger partial charge in [0, 0.05) is 6.42 Å². The summed E-state index contributed by atoms with van der Waals surface area (Å²) >= 11 is 0. The molecule has 6 N–H and O–H groups in total. The summed E-state index contributed by atoms with van der Waals surface area (Å²) in [6.07, 6.45) is 35.7. The van der Waals surface area contributed by atoms with E-state index >= 15 is 0 Å². The van der Waals surface area contributed by atoms with E-state index in [4.69, 9.17) is 14.2 Å². The molecule has 1 heterocycles. The van der Waals surface area contributed by atoms with Gasteiger partial charge in [-0.1, -0.05) is 244 Å². The molecule has 68 heavy (non-hydrogen) atoms. The average Bonchev–Trinajstić information content (AvgIpc) is 3.34. The maximum absolute atomic E-state index is 13.4. The van der Waals surface area contributed by atoms with Gasteiger partial charge in [-0.25, -0.2) is 4.39 Å². The number of amides is 1. The van der Waals surface area contributed by atoms with E-state index in [1.54, 1.807) is 0 Å². The lowest BCUT2D eigenvalue weighted by Gasteiger charge is -2.42. The molecule has 8 atom stereocenters. The number of halogens is 1. The van der Waals surface area contributed by atoms with Crippen molar-refractivity contribution in [1.82, 2.24) is 5.32 Å². The minimum absolute atomic E-state index is 0.0168. The molecule has 1 amide bonds. The fourth-order valence-corrected chi connectivity index (χ4v) is 9.58. The summed E-state index contributed by atoms with van der Waals surface area (Å²) in [7, 11) is 0. The molecular formula is C57H104FNO9. The molecule has 0 aliphatic carbocycles. The normalized spacial score (nSPS) is 19.9. The number of carbonyl (C=O) groups is 1. The van der Waals surface area contributed by atoms with Crippen molar-refractivity contribution in [3.63, 3.8) is 0 Å². The van der Waals surface area contributed by atoms with E-state index in [9.17, 15) is 34.7 Å². The van der Waals surface area contributed by atoms with Crippen LogP contribution in [0.15, 0.2) is 24.3 Å². The summed E-state index contributed by atoms with van der Waals surface area (Å²) in [5.74, 6) is -0.655. The van der Waals surface area contributed by atoms with Gasteiger partial charge in [-0.05, 0) is 30.5 Å². The number of benzene rings is 1. The Morgan fingerprint density at radius 3 is 1.40 bits per heavy atom. The Balaban J connectivity index is 1.70. The largest absolute Gasteiger partial charge is 0.394 e. The number of unbranched alkanes of at least 4 members (excludes halogenated alkanes) is 33. The van der Waals surface area contributed by atoms with Crippen LogP contribution in [0.1, 0.15) is 257 Å². The number of hydrogen-bond acceptors (Lipinski definition) is 9. The second kappa shape index (κ2) is 42.9. The van der Waals surface area contributed by atoms with Crippen molar-refractivity contribution >= 4 is 5.91 Å². The minimum Gasteiger partial charge on any atom is -0.394 e. The molecule has 1 saturated heterocycles. The number of ether oxygens (including phenoxy) is 3. The Labute approximate surface area is 414 Å². The molecule has 1 aliphatic heterocycles. The van der Waals surface area contributed by atoms with E-state index in [1.165, 1.54) is 198 Å². The second-order valence-electron chi connectivity index (χ2n) is 20.4. The third-order valence-corrected chi connectivity index (χ3v) is 14.1. The number of rotatable bonds is 47. The van der Waals surface area contributed by atoms with Crippen molar-refractivity contribution in [3.8, 4) is 0 Å². The average molecular weight is 966 g/mol. The van der Waals surface area contributed by atoms with E-state index in [2.05, 4.69) is 19.2 Å². The lowest BCUT2D eigenvalue weighted by atomic mass is 9.98. The highest BCUT2D eigenvalue weighted by Gasteiger charge is 2.46. The molecule has 2 rings (SSSR count). The standard InChI is InChI=1S/C57H104FNO9/c1-3-5-7-9-11-13-15-17-18-19-20-21-22-23-24-25-26-27-29-31-33-35-37-39-52(62)59-49(53(63)50(61)38-36-34-32-30-28-16-14-12-10-8-6-4-2)46-67-57-55(65)54(64)56(51(44-60)68-57)66-45-47-40-42-48(58)43-41-47/h40-43,49-51,53-57,60-61,63-65H,3-39,44-46H2,1-2H3,(H,59,62)/t49-,50+,51+,53-,54+,55+,56-,57-/m0/s1. The van der Waals surface area contributed by atoms with E-state index in [0.29, 0.717) is 18.4 Å². The van der Waals surface area contributed by atoms with E-state index in [1.807, 2.05) is 0 Å². The van der Waals surface area contributed by atoms with Crippen LogP contribution in [0.5, 0.6) is 0 Å². The van der Waals surface area contributed by atoms with Crippen molar-refractivity contribution in [3.05, 3.63) is 35.6 Å². The van der Waals surface area contributed by atoms with Gasteiger partial charge in [-0.2, -0.15) is 0 Å². The zero-order chi connectivity index (χ0) is 49.3. The van der Waals surface area contributed by atoms with Crippen LogP contribution >= 0.6 is 0 Å². The highest BCUT2D eigenvalue weighted by atomic mass is 19.1. The Bertz CT molecular complexity index is 1270. The Kier molecular flexibility index (Phi) is 39.4. The van der Waals surface area contributed by atoms with Gasteiger partial charge in [0.1, 0.15) is 36.3 Å². The Hall–Kier alpha value is -1.70. The Morgan fingerprint density at radius 1 is 0.588 bits per heavy atom. The van der Waals surface area contributed by atoms with Crippen LogP contribution in [-0.4, -0.2) is 93.6 Å². The lowest BCUT2D eigenvalue weighted by molar-refractivity contribution is -0.310. The minimum atomic E-state index is -1.58. The molecule has 0 spiro atoms. The summed E-state index contributed by atoms with van der Waals surface area (Å²) < 4.78 is 30.9. The first-order valence-corrected chi connectivity index (χ1v) is 28.5. The van der Waals surface area contributed by atoms with Crippen LogP contribution in [0.25, 0.3) is 0 Å². The molecule has 0 radical (unpaired) electrons. The zero-order valence-electron chi connectivity index (χ0n) is 43.5. The SMILES string of the molecule is CCCCCCCCCCCCCCCCCCCCCCCCCC(=O)N[C@@H](CO[C@H]1O[C@H](CO)[C@H](OCc2ccc(F)cc2)[C@H](O)[C@H]1O)[C@H](O)[C@H](O)CCCCCCCCCCCCCC. The molecule has 1 fully saturated rings. The summed E-state index contributed by atoms with van der Waals surface area (Å²) in [6, 6.07) is 4.65. The molecule has 1 aliphatic rings. The number of carbonyl (C=O) groups excluding carboxylic acids is 1. The second-order valence-corrected chi connectivity index (χ2v) is 20.4. The third-order valence-electron chi connectivity index (χ3n) is 14.1. The molecule has 1 aromatic rings. The maximum Gasteiger partial charge on any atom is 0.220 e. The fraction of sp³-hybridized carbons (Fsp3) is 0.877. The highest BCUT2D eigenvalue weighted by Crippen LogP contribution is 2.26. The number of hydrogen-bond donors (Lipinski definition) is 6. The van der Waals surface area contributed by atoms with E-state index in [0.717, 1.165) is 44.9 Å². The van der Waals surface area contributed by atoms with E-state index in [-0.39, 0.29) is 25.5 Å². The lowest BCUT2D eigenvalue weighted by Crippen LogP contribution is -2.61. The molecule has 10 nitrogen and oxygen atoms in total. The number of aliphatic hydroxyl groups is 5. The summed E-state index contributed by atoms with van der Waals surface area (Å²) in [5.41, 5.74) is 0.633. The van der Waals surface area contributed by atoms with Crippen LogP contribution in [0.3, 0.4) is 0 Å². The number of aliphatic hydroxyl groups excluding tert-OH is 5. The first kappa shape index (κ1) is 62.4. The van der Waals surface area contributed by atoms with Crippen LogP contribution in [-0.2, 0) is 25.6 Å². The predicted molar refractivity (Wildman–Crippen MR) is 275 cm³/mol. The van der Waals surface area contributed by atoms with Crippen LogP contribution in [0, 0.1) is 5.82 Å². The van der Waals surface area contributed by atoms with Crippen molar-refractivity contribution in [2.24, 2.45) is 0 Å². The zero-order valence-corrected chi connectivity index (χ0v) is 43.5. The van der Waals surface area contributed by atoms with Gasteiger partial charge < -0.3 is 45.1 Å². The van der Waals surface area contributed by atoms with Gasteiger partial charge >= 0.3 is 0 Å². The van der Waals surface area contributed by atoms with Gasteiger partial charge in [-0.15, -0.1) is 0 Å². The molecule has 0 saturated carbocycles. The molecular weight excluding hydrogens is 862 g/mol. The molecule has 0 bridgehead atoms. The Morgan fingerprint density at radius 2 is 0.985 bits per heavy atom. The fourth-order valence-electron chi connectivity index (χ4n) is 9.58. The molecule has 0 aromatic heterocycles. The van der Waals surface area contributed by atoms with Crippen LogP contribution in [0.2, 0.25) is 0 Å². The maximum atomic E-state index is 13.4. The van der Waals surface area contributed by atoms with Crippen molar-refractivity contribution in [2.75, 3.05) is 13.2 Å². The molecule has 0 unspecified atom stereocenters. The number of nitrogens with one attached hydrogen (secondary N) is 1. The van der Waals surface area contributed by atoms with Crippen LogP contribution in [0.4, 0.5) is 4.39 Å². The summed E-state index contributed by atoms with van der Waals surface area (Å²) in [6.45, 7) is 3.65. The van der Waals surface area contributed by atoms with Gasteiger partial charge in [0.2, 0.25) is 5.91 Å². The third kappa shape index (κ3) is 30.9. The first-order chi connectivity index (χ1) is 33.2. The van der Waals surface area contributed by atoms with Gasteiger partial charge in [0.15, 0.2) is 6.29 Å². The molecule has 11 heteroatoms. The van der Waals surface area contributed by atoms with E-state index < -0.39 is 61.4 Å². The van der Waals surface area contributed by atoms with Crippen LogP contribution < -0.4 is 5.32 Å².